The van der Waals surface area contributed by atoms with E-state index in [1.165, 1.54) is 0 Å². The van der Waals surface area contributed by atoms with Crippen LogP contribution in [0.5, 0.6) is 5.75 Å². The molecule has 1 aromatic heterocycles. The van der Waals surface area contributed by atoms with Gasteiger partial charge in [-0.2, -0.15) is 0 Å². The highest BCUT2D eigenvalue weighted by molar-refractivity contribution is 14.1. The molecule has 1 amide bonds. The maximum Gasteiger partial charge on any atom is 0.287 e. The average Bonchev–Trinajstić information content (AvgIpc) is 3.11. The highest BCUT2D eigenvalue weighted by atomic mass is 127. The standard InChI is InChI=1S/C15H11F3IN3O2S/c16-11-8(19)2-1-7-12(11)24-4-3-21-5-10(20-14(7)21)22-9(13(17)18)6-25-15(22)23/h1-2,5,9,13H,3-4,6H2. The van der Waals surface area contributed by atoms with Crippen molar-refractivity contribution in [1.82, 2.24) is 9.55 Å². The fourth-order valence-corrected chi connectivity index (χ4v) is 4.28. The summed E-state index contributed by atoms with van der Waals surface area (Å²) < 4.78 is 48.4. The topological polar surface area (TPSA) is 47.4 Å². The van der Waals surface area contributed by atoms with Crippen LogP contribution in [0.1, 0.15) is 0 Å². The van der Waals surface area contributed by atoms with Crippen molar-refractivity contribution in [3.63, 3.8) is 0 Å². The molecule has 1 fully saturated rings. The number of fused-ring (bicyclic) bond motifs is 3. The smallest absolute Gasteiger partial charge is 0.287 e. The highest BCUT2D eigenvalue weighted by Gasteiger charge is 2.40. The molecule has 1 aromatic carbocycles. The molecule has 132 valence electrons. The van der Waals surface area contributed by atoms with Crippen LogP contribution >= 0.6 is 34.4 Å². The van der Waals surface area contributed by atoms with Crippen molar-refractivity contribution in [3.05, 3.63) is 27.7 Å². The van der Waals surface area contributed by atoms with Crippen molar-refractivity contribution in [2.45, 2.75) is 19.0 Å². The summed E-state index contributed by atoms with van der Waals surface area (Å²) in [5.41, 5.74) is 0.439. The first-order chi connectivity index (χ1) is 12.0. The van der Waals surface area contributed by atoms with Gasteiger partial charge in [0.1, 0.15) is 18.5 Å². The Morgan fingerprint density at radius 1 is 1.40 bits per heavy atom. The first kappa shape index (κ1) is 17.0. The van der Waals surface area contributed by atoms with Crippen molar-refractivity contribution in [3.8, 4) is 17.1 Å². The fourth-order valence-electron chi connectivity index (χ4n) is 2.88. The number of hydrogen-bond acceptors (Lipinski definition) is 4. The third kappa shape index (κ3) is 2.78. The molecule has 1 atom stereocenters. The van der Waals surface area contributed by atoms with Gasteiger partial charge in [-0.3, -0.25) is 9.69 Å². The van der Waals surface area contributed by atoms with E-state index in [0.717, 1.165) is 16.7 Å². The summed E-state index contributed by atoms with van der Waals surface area (Å²) in [6.07, 6.45) is -1.11. The second-order valence-electron chi connectivity index (χ2n) is 5.55. The van der Waals surface area contributed by atoms with E-state index in [-0.39, 0.29) is 23.9 Å². The first-order valence-electron chi connectivity index (χ1n) is 7.40. The molecular formula is C15H11F3IN3O2S. The van der Waals surface area contributed by atoms with Crippen LogP contribution in [0, 0.1) is 9.39 Å². The number of aromatic nitrogens is 2. The molecule has 25 heavy (non-hydrogen) atoms. The molecule has 2 aliphatic heterocycles. The normalized spacial score (nSPS) is 19.6. The number of alkyl halides is 2. The molecule has 5 nitrogen and oxygen atoms in total. The molecule has 0 bridgehead atoms. The molecule has 0 radical (unpaired) electrons. The van der Waals surface area contributed by atoms with Crippen LogP contribution in [-0.2, 0) is 6.54 Å². The third-order valence-electron chi connectivity index (χ3n) is 4.08. The van der Waals surface area contributed by atoms with E-state index in [1.807, 2.05) is 22.6 Å². The molecule has 1 unspecified atom stereocenters. The zero-order valence-corrected chi connectivity index (χ0v) is 15.6. The zero-order chi connectivity index (χ0) is 17.7. The number of carbonyl (C=O) groups excluding carboxylic acids is 1. The van der Waals surface area contributed by atoms with Gasteiger partial charge >= 0.3 is 0 Å². The van der Waals surface area contributed by atoms with Gasteiger partial charge in [-0.15, -0.1) is 0 Å². The van der Waals surface area contributed by atoms with Crippen molar-refractivity contribution in [1.29, 1.82) is 0 Å². The molecule has 0 N–H and O–H groups in total. The van der Waals surface area contributed by atoms with Crippen LogP contribution in [0.25, 0.3) is 11.4 Å². The van der Waals surface area contributed by atoms with E-state index in [1.54, 1.807) is 22.9 Å². The van der Waals surface area contributed by atoms with E-state index >= 15 is 0 Å². The number of imidazole rings is 1. The lowest BCUT2D eigenvalue weighted by atomic mass is 10.2. The van der Waals surface area contributed by atoms with Crippen molar-refractivity contribution < 1.29 is 22.7 Å². The molecule has 0 spiro atoms. The Labute approximate surface area is 158 Å². The van der Waals surface area contributed by atoms with Gasteiger partial charge in [0.15, 0.2) is 17.4 Å². The van der Waals surface area contributed by atoms with E-state index < -0.39 is 23.5 Å². The van der Waals surface area contributed by atoms with Crippen LogP contribution < -0.4 is 9.64 Å². The Kier molecular flexibility index (Phi) is 4.34. The Bertz CT molecular complexity index is 861. The molecule has 0 aliphatic carbocycles. The molecule has 4 rings (SSSR count). The first-order valence-corrected chi connectivity index (χ1v) is 9.46. The van der Waals surface area contributed by atoms with E-state index in [4.69, 9.17) is 4.74 Å². The van der Waals surface area contributed by atoms with Gasteiger partial charge in [0.25, 0.3) is 11.7 Å². The monoisotopic (exact) mass is 481 g/mol. The minimum absolute atomic E-state index is 0.0191. The lowest BCUT2D eigenvalue weighted by molar-refractivity contribution is 0.124. The Hall–Kier alpha value is -1.43. The number of carbonyl (C=O) groups is 1. The van der Waals surface area contributed by atoms with Gasteiger partial charge in [-0.1, -0.05) is 11.8 Å². The zero-order valence-electron chi connectivity index (χ0n) is 12.6. The summed E-state index contributed by atoms with van der Waals surface area (Å²) in [5, 5.41) is -0.455. The van der Waals surface area contributed by atoms with Gasteiger partial charge in [-0.25, -0.2) is 18.2 Å². The maximum atomic E-state index is 14.4. The summed E-state index contributed by atoms with van der Waals surface area (Å²) in [6.45, 7) is 0.593. The highest BCUT2D eigenvalue weighted by Crippen LogP contribution is 2.39. The maximum absolute atomic E-state index is 14.4. The molecule has 3 heterocycles. The van der Waals surface area contributed by atoms with E-state index in [9.17, 15) is 18.0 Å². The molecular weight excluding hydrogens is 470 g/mol. The largest absolute Gasteiger partial charge is 0.488 e. The second-order valence-corrected chi connectivity index (χ2v) is 7.68. The molecule has 1 saturated heterocycles. The summed E-state index contributed by atoms with van der Waals surface area (Å²) in [7, 11) is 0. The number of halogens is 4. The van der Waals surface area contributed by atoms with Crippen molar-refractivity contribution in [2.75, 3.05) is 17.3 Å². The number of benzene rings is 1. The van der Waals surface area contributed by atoms with Gasteiger partial charge in [0.2, 0.25) is 0 Å². The number of nitrogens with zero attached hydrogens (tertiary/aromatic N) is 3. The van der Waals surface area contributed by atoms with E-state index in [2.05, 4.69) is 4.98 Å². The Morgan fingerprint density at radius 3 is 2.96 bits per heavy atom. The number of hydrogen-bond donors (Lipinski definition) is 0. The second kappa shape index (κ2) is 6.38. The summed E-state index contributed by atoms with van der Waals surface area (Å²) in [4.78, 5) is 17.4. The fraction of sp³-hybridized carbons (Fsp3) is 0.333. The minimum atomic E-state index is -2.66. The molecule has 2 aromatic rings. The Morgan fingerprint density at radius 2 is 2.20 bits per heavy atom. The van der Waals surface area contributed by atoms with Gasteiger partial charge in [0.05, 0.1) is 15.7 Å². The number of thioether (sulfide) groups is 1. The van der Waals surface area contributed by atoms with Crippen molar-refractivity contribution in [2.24, 2.45) is 0 Å². The number of anilines is 1. The summed E-state index contributed by atoms with van der Waals surface area (Å²) in [5.74, 6) is 0.188. The molecule has 2 aliphatic rings. The van der Waals surface area contributed by atoms with Crippen LogP contribution in [0.15, 0.2) is 18.3 Å². The lowest BCUT2D eigenvalue weighted by Gasteiger charge is -2.20. The van der Waals surface area contributed by atoms with Gasteiger partial charge < -0.3 is 9.30 Å². The minimum Gasteiger partial charge on any atom is -0.488 e. The number of ether oxygens (including phenoxy) is 1. The van der Waals surface area contributed by atoms with Crippen molar-refractivity contribution >= 4 is 45.4 Å². The third-order valence-corrected chi connectivity index (χ3v) is 5.86. The number of amides is 1. The van der Waals surface area contributed by atoms with Crippen LogP contribution in [0.2, 0.25) is 0 Å². The summed E-state index contributed by atoms with van der Waals surface area (Å²) in [6, 6.07) is 2.07. The molecule has 0 saturated carbocycles. The predicted octanol–water partition coefficient (Wildman–Crippen LogP) is 3.99. The SMILES string of the molecule is O=C1SCC(C(F)F)N1c1cn2c(n1)-c1ccc(I)c(F)c1OCC2. The number of rotatable bonds is 2. The quantitative estimate of drug-likeness (QED) is 0.609. The van der Waals surface area contributed by atoms with Gasteiger partial charge in [0, 0.05) is 11.9 Å². The predicted molar refractivity (Wildman–Crippen MR) is 96.0 cm³/mol. The lowest BCUT2D eigenvalue weighted by Crippen LogP contribution is -2.38. The molecule has 10 heteroatoms. The average molecular weight is 481 g/mol. The summed E-state index contributed by atoms with van der Waals surface area (Å²) >= 11 is 2.72. The van der Waals surface area contributed by atoms with Crippen LogP contribution in [0.4, 0.5) is 23.8 Å². The van der Waals surface area contributed by atoms with Crippen LogP contribution in [0.3, 0.4) is 0 Å². The van der Waals surface area contributed by atoms with Crippen LogP contribution in [-0.4, -0.2) is 39.6 Å². The van der Waals surface area contributed by atoms with Gasteiger partial charge in [-0.05, 0) is 34.7 Å². The van der Waals surface area contributed by atoms with E-state index in [0.29, 0.717) is 21.5 Å². The Balaban J connectivity index is 1.82.